The highest BCUT2D eigenvalue weighted by atomic mass is 19.1. The van der Waals surface area contributed by atoms with Crippen molar-refractivity contribution in [3.05, 3.63) is 71.0 Å². The van der Waals surface area contributed by atoms with Gasteiger partial charge in [-0.2, -0.15) is 0 Å². The summed E-state index contributed by atoms with van der Waals surface area (Å²) in [7, 11) is 0. The normalized spacial score (nSPS) is 10.1. The highest BCUT2D eigenvalue weighted by molar-refractivity contribution is 5.97. The van der Waals surface area contributed by atoms with Gasteiger partial charge in [-0.15, -0.1) is 0 Å². The zero-order valence-corrected chi connectivity index (χ0v) is 10.5. The van der Waals surface area contributed by atoms with Crippen LogP contribution in [0, 0.1) is 5.82 Å². The molecule has 0 spiro atoms. The maximum atomic E-state index is 13.4. The third-order valence-electron chi connectivity index (χ3n) is 2.77. The van der Waals surface area contributed by atoms with Crippen molar-refractivity contribution in [3.63, 3.8) is 0 Å². The molecule has 0 aliphatic rings. The SMILES string of the molecule is O=C(O)c1cccc(C(=O)NCc2ccccc2F)c1. The van der Waals surface area contributed by atoms with Gasteiger partial charge >= 0.3 is 5.97 Å². The van der Waals surface area contributed by atoms with Crippen LogP contribution in [0.5, 0.6) is 0 Å². The number of amides is 1. The molecule has 0 unspecified atom stereocenters. The van der Waals surface area contributed by atoms with E-state index in [0.29, 0.717) is 5.56 Å². The lowest BCUT2D eigenvalue weighted by atomic mass is 10.1. The van der Waals surface area contributed by atoms with Crippen LogP contribution in [0.3, 0.4) is 0 Å². The summed E-state index contributed by atoms with van der Waals surface area (Å²) < 4.78 is 13.4. The lowest BCUT2D eigenvalue weighted by molar-refractivity contribution is 0.0697. The first kappa shape index (κ1) is 13.7. The van der Waals surface area contributed by atoms with Gasteiger partial charge in [-0.05, 0) is 24.3 Å². The maximum absolute atomic E-state index is 13.4. The number of aromatic carboxylic acids is 1. The Balaban J connectivity index is 2.07. The molecule has 5 heteroatoms. The number of halogens is 1. The summed E-state index contributed by atoms with van der Waals surface area (Å²) in [6.45, 7) is 0.0445. The Bertz CT molecular complexity index is 655. The van der Waals surface area contributed by atoms with Crippen LogP contribution in [0.4, 0.5) is 4.39 Å². The molecule has 0 saturated heterocycles. The number of hydrogen-bond donors (Lipinski definition) is 2. The topological polar surface area (TPSA) is 66.4 Å². The molecular formula is C15H12FNO3. The van der Waals surface area contributed by atoms with Crippen molar-refractivity contribution in [2.24, 2.45) is 0 Å². The minimum absolute atomic E-state index is 0.0311. The van der Waals surface area contributed by atoms with E-state index in [-0.39, 0.29) is 17.7 Å². The van der Waals surface area contributed by atoms with E-state index < -0.39 is 17.7 Å². The molecule has 0 atom stereocenters. The third-order valence-corrected chi connectivity index (χ3v) is 2.77. The van der Waals surface area contributed by atoms with Gasteiger partial charge in [0.1, 0.15) is 5.82 Å². The van der Waals surface area contributed by atoms with Crippen molar-refractivity contribution >= 4 is 11.9 Å². The van der Waals surface area contributed by atoms with E-state index in [2.05, 4.69) is 5.32 Å². The molecule has 0 radical (unpaired) electrons. The minimum atomic E-state index is -1.10. The number of benzene rings is 2. The lowest BCUT2D eigenvalue weighted by Crippen LogP contribution is -2.23. The predicted molar refractivity (Wildman–Crippen MR) is 71.0 cm³/mol. The zero-order valence-electron chi connectivity index (χ0n) is 10.5. The number of rotatable bonds is 4. The van der Waals surface area contributed by atoms with E-state index >= 15 is 0 Å². The summed E-state index contributed by atoms with van der Waals surface area (Å²) in [5.41, 5.74) is 0.625. The molecule has 20 heavy (non-hydrogen) atoms. The van der Waals surface area contributed by atoms with E-state index in [1.165, 1.54) is 30.3 Å². The van der Waals surface area contributed by atoms with Gasteiger partial charge in [-0.3, -0.25) is 4.79 Å². The summed E-state index contributed by atoms with van der Waals surface area (Å²) in [6, 6.07) is 11.8. The van der Waals surface area contributed by atoms with Gasteiger partial charge in [-0.25, -0.2) is 9.18 Å². The van der Waals surface area contributed by atoms with Crippen molar-refractivity contribution in [1.82, 2.24) is 5.32 Å². The van der Waals surface area contributed by atoms with Crippen LogP contribution >= 0.6 is 0 Å². The van der Waals surface area contributed by atoms with E-state index in [9.17, 15) is 14.0 Å². The average molecular weight is 273 g/mol. The first-order valence-corrected chi connectivity index (χ1v) is 5.93. The first-order chi connectivity index (χ1) is 9.58. The Hall–Kier alpha value is -2.69. The predicted octanol–water partition coefficient (Wildman–Crippen LogP) is 2.45. The summed E-state index contributed by atoms with van der Waals surface area (Å²) in [4.78, 5) is 22.7. The number of nitrogens with one attached hydrogen (secondary N) is 1. The largest absolute Gasteiger partial charge is 0.478 e. The number of carboxylic acids is 1. The number of carbonyl (C=O) groups is 2. The Morgan fingerprint density at radius 1 is 1.05 bits per heavy atom. The second-order valence-corrected chi connectivity index (χ2v) is 4.16. The fourth-order valence-corrected chi connectivity index (χ4v) is 1.71. The first-order valence-electron chi connectivity index (χ1n) is 5.93. The van der Waals surface area contributed by atoms with E-state index in [1.54, 1.807) is 18.2 Å². The van der Waals surface area contributed by atoms with Crippen LogP contribution in [-0.2, 0) is 6.54 Å². The van der Waals surface area contributed by atoms with Crippen LogP contribution in [0.2, 0.25) is 0 Å². The van der Waals surface area contributed by atoms with Gasteiger partial charge in [0.2, 0.25) is 0 Å². The molecule has 4 nitrogen and oxygen atoms in total. The van der Waals surface area contributed by atoms with E-state index in [4.69, 9.17) is 5.11 Å². The summed E-state index contributed by atoms with van der Waals surface area (Å²) in [5.74, 6) is -1.95. The number of hydrogen-bond acceptors (Lipinski definition) is 2. The van der Waals surface area contributed by atoms with Gasteiger partial charge in [0.15, 0.2) is 0 Å². The molecular weight excluding hydrogens is 261 g/mol. The van der Waals surface area contributed by atoms with Crippen molar-refractivity contribution in [2.45, 2.75) is 6.54 Å². The van der Waals surface area contributed by atoms with Crippen LogP contribution in [0.1, 0.15) is 26.3 Å². The van der Waals surface area contributed by atoms with Crippen LogP contribution in [-0.4, -0.2) is 17.0 Å². The van der Waals surface area contributed by atoms with Crippen LogP contribution < -0.4 is 5.32 Å². The standard InChI is InChI=1S/C15H12FNO3/c16-13-7-2-1-4-12(13)9-17-14(18)10-5-3-6-11(8-10)15(19)20/h1-8H,9H2,(H,17,18)(H,19,20). The molecule has 2 rings (SSSR count). The fourth-order valence-electron chi connectivity index (χ4n) is 1.71. The van der Waals surface area contributed by atoms with E-state index in [1.807, 2.05) is 0 Å². The van der Waals surface area contributed by atoms with Crippen molar-refractivity contribution in [2.75, 3.05) is 0 Å². The van der Waals surface area contributed by atoms with Gasteiger partial charge < -0.3 is 10.4 Å². The number of carboxylic acid groups (broad SMARTS) is 1. The molecule has 0 bridgehead atoms. The van der Waals surface area contributed by atoms with Crippen LogP contribution in [0.25, 0.3) is 0 Å². The zero-order chi connectivity index (χ0) is 14.5. The second kappa shape index (κ2) is 5.97. The molecule has 0 saturated carbocycles. The van der Waals surface area contributed by atoms with E-state index in [0.717, 1.165) is 0 Å². The van der Waals surface area contributed by atoms with Gasteiger partial charge in [0.25, 0.3) is 5.91 Å². The molecule has 0 aliphatic heterocycles. The highest BCUT2D eigenvalue weighted by Crippen LogP contribution is 2.08. The quantitative estimate of drug-likeness (QED) is 0.899. The molecule has 2 aromatic rings. The summed E-state index contributed by atoms with van der Waals surface area (Å²) >= 11 is 0. The molecule has 2 aromatic carbocycles. The Labute approximate surface area is 114 Å². The third kappa shape index (κ3) is 3.20. The fraction of sp³-hybridized carbons (Fsp3) is 0.0667. The van der Waals surface area contributed by atoms with Crippen LogP contribution in [0.15, 0.2) is 48.5 Å². The van der Waals surface area contributed by atoms with Gasteiger partial charge in [0, 0.05) is 17.7 Å². The summed E-state index contributed by atoms with van der Waals surface area (Å²) in [6.07, 6.45) is 0. The van der Waals surface area contributed by atoms with Crippen molar-refractivity contribution in [3.8, 4) is 0 Å². The molecule has 2 N–H and O–H groups in total. The minimum Gasteiger partial charge on any atom is -0.478 e. The summed E-state index contributed by atoms with van der Waals surface area (Å²) in [5, 5.41) is 11.4. The molecule has 0 aromatic heterocycles. The lowest BCUT2D eigenvalue weighted by Gasteiger charge is -2.06. The Morgan fingerprint density at radius 3 is 2.45 bits per heavy atom. The van der Waals surface area contributed by atoms with Gasteiger partial charge in [0.05, 0.1) is 5.56 Å². The molecule has 0 heterocycles. The smallest absolute Gasteiger partial charge is 0.335 e. The Kier molecular flexibility index (Phi) is 4.10. The molecule has 0 fully saturated rings. The monoisotopic (exact) mass is 273 g/mol. The van der Waals surface area contributed by atoms with Crippen molar-refractivity contribution in [1.29, 1.82) is 0 Å². The molecule has 1 amide bonds. The van der Waals surface area contributed by atoms with Crippen molar-refractivity contribution < 1.29 is 19.1 Å². The second-order valence-electron chi connectivity index (χ2n) is 4.16. The average Bonchev–Trinajstić information content (AvgIpc) is 2.46. The Morgan fingerprint density at radius 2 is 1.75 bits per heavy atom. The maximum Gasteiger partial charge on any atom is 0.335 e. The molecule has 0 aliphatic carbocycles. The highest BCUT2D eigenvalue weighted by Gasteiger charge is 2.10. The van der Waals surface area contributed by atoms with Gasteiger partial charge in [-0.1, -0.05) is 24.3 Å². The molecule has 102 valence electrons. The number of carbonyl (C=O) groups excluding carboxylic acids is 1.